The summed E-state index contributed by atoms with van der Waals surface area (Å²) in [7, 11) is 0. The number of carboxylic acid groups (broad SMARTS) is 1. The Bertz CT molecular complexity index is 1080. The average molecular weight is 442 g/mol. The van der Waals surface area contributed by atoms with Crippen molar-refractivity contribution in [3.05, 3.63) is 71.3 Å². The number of rotatable bonds is 8. The minimum atomic E-state index is -3.06. The van der Waals surface area contributed by atoms with Crippen LogP contribution in [0, 0.1) is 0 Å². The van der Waals surface area contributed by atoms with Crippen LogP contribution in [-0.4, -0.2) is 25.8 Å². The number of hydrogen-bond donors (Lipinski definition) is 1. The van der Waals surface area contributed by atoms with Crippen molar-refractivity contribution in [2.45, 2.75) is 64.8 Å². The van der Waals surface area contributed by atoms with Crippen molar-refractivity contribution in [1.82, 2.24) is 14.8 Å². The van der Waals surface area contributed by atoms with E-state index in [0.29, 0.717) is 30.8 Å². The summed E-state index contributed by atoms with van der Waals surface area (Å²) < 4.78 is 30.8. The Kier molecular flexibility index (Phi) is 6.77. The molecule has 0 aliphatic carbocycles. The maximum Gasteiger partial charge on any atom is 0.336 e. The van der Waals surface area contributed by atoms with Gasteiger partial charge in [-0.15, -0.1) is 5.10 Å². The number of unbranched alkanes of at least 4 members (excludes halogenated alkanes) is 1. The summed E-state index contributed by atoms with van der Waals surface area (Å²) in [6, 6.07) is 14.2. The fraction of sp³-hybridized carbons (Fsp3) is 0.400. The molecule has 5 nitrogen and oxygen atoms in total. The van der Waals surface area contributed by atoms with Crippen LogP contribution in [0.3, 0.4) is 0 Å². The summed E-state index contributed by atoms with van der Waals surface area (Å²) in [4.78, 5) is 15.7. The molecule has 0 spiro atoms. The van der Waals surface area contributed by atoms with E-state index in [9.17, 15) is 18.7 Å². The van der Waals surface area contributed by atoms with Gasteiger partial charge in [0, 0.05) is 11.8 Å². The molecule has 0 atom stereocenters. The van der Waals surface area contributed by atoms with Gasteiger partial charge in [0.15, 0.2) is 0 Å². The second kappa shape index (κ2) is 9.18. The van der Waals surface area contributed by atoms with Gasteiger partial charge >= 0.3 is 11.9 Å². The zero-order chi connectivity index (χ0) is 23.5. The van der Waals surface area contributed by atoms with Crippen LogP contribution in [0.15, 0.2) is 48.5 Å². The SMILES string of the molecule is CCCCC(F)(F)c1nc(C(C)(C)C)n(Cc2ccc(-c3ccccc3C(=O)O)cc2)n1. The molecule has 2 aromatic carbocycles. The molecule has 0 unspecified atom stereocenters. The number of carbonyl (C=O) groups is 1. The molecule has 1 aromatic heterocycles. The van der Waals surface area contributed by atoms with Crippen LogP contribution in [0.2, 0.25) is 0 Å². The number of hydrogen-bond acceptors (Lipinski definition) is 3. The summed E-state index contributed by atoms with van der Waals surface area (Å²) in [5.41, 5.74) is 2.03. The van der Waals surface area contributed by atoms with Gasteiger partial charge in [-0.1, -0.05) is 76.6 Å². The summed E-state index contributed by atoms with van der Waals surface area (Å²) in [6.07, 6.45) is 0.820. The van der Waals surface area contributed by atoms with Gasteiger partial charge in [0.1, 0.15) is 5.82 Å². The quantitative estimate of drug-likeness (QED) is 0.447. The van der Waals surface area contributed by atoms with Crippen molar-refractivity contribution in [2.75, 3.05) is 0 Å². The lowest BCUT2D eigenvalue weighted by molar-refractivity contribution is -0.0246. The predicted octanol–water partition coefficient (Wildman–Crippen LogP) is 6.27. The van der Waals surface area contributed by atoms with E-state index in [4.69, 9.17) is 0 Å². The topological polar surface area (TPSA) is 68.0 Å². The van der Waals surface area contributed by atoms with E-state index in [2.05, 4.69) is 10.1 Å². The first-order valence-corrected chi connectivity index (χ1v) is 10.8. The first-order chi connectivity index (χ1) is 15.0. The van der Waals surface area contributed by atoms with E-state index in [-0.39, 0.29) is 12.0 Å². The lowest BCUT2D eigenvalue weighted by Gasteiger charge is -2.18. The molecular weight excluding hydrogens is 412 g/mol. The number of alkyl halides is 2. The molecule has 1 heterocycles. The fourth-order valence-electron chi connectivity index (χ4n) is 3.56. The molecule has 3 aromatic rings. The highest BCUT2D eigenvalue weighted by molar-refractivity contribution is 5.95. The van der Waals surface area contributed by atoms with Crippen molar-refractivity contribution in [3.63, 3.8) is 0 Å². The molecule has 32 heavy (non-hydrogen) atoms. The number of carboxylic acids is 1. The number of benzene rings is 2. The van der Waals surface area contributed by atoms with Crippen LogP contribution in [0.4, 0.5) is 8.78 Å². The van der Waals surface area contributed by atoms with Crippen molar-refractivity contribution >= 4 is 5.97 Å². The largest absolute Gasteiger partial charge is 0.478 e. The molecule has 0 aliphatic heterocycles. The third-order valence-electron chi connectivity index (χ3n) is 5.27. The molecule has 0 aliphatic rings. The van der Waals surface area contributed by atoms with E-state index in [1.54, 1.807) is 28.9 Å². The molecule has 170 valence electrons. The Labute approximate surface area is 187 Å². The Morgan fingerprint density at radius 3 is 2.31 bits per heavy atom. The molecular formula is C25H29F2N3O2. The van der Waals surface area contributed by atoms with Crippen LogP contribution < -0.4 is 0 Å². The number of aromatic carboxylic acids is 1. The highest BCUT2D eigenvalue weighted by Crippen LogP contribution is 2.33. The van der Waals surface area contributed by atoms with Crippen molar-refractivity contribution in [3.8, 4) is 11.1 Å². The average Bonchev–Trinajstić information content (AvgIpc) is 3.18. The lowest BCUT2D eigenvalue weighted by atomic mass is 9.95. The van der Waals surface area contributed by atoms with Gasteiger partial charge in [-0.3, -0.25) is 0 Å². The summed E-state index contributed by atoms with van der Waals surface area (Å²) in [6.45, 7) is 7.94. The van der Waals surface area contributed by atoms with E-state index in [1.807, 2.05) is 52.0 Å². The smallest absolute Gasteiger partial charge is 0.336 e. The van der Waals surface area contributed by atoms with Crippen LogP contribution >= 0.6 is 0 Å². The number of aromatic nitrogens is 3. The van der Waals surface area contributed by atoms with E-state index in [1.165, 1.54) is 0 Å². The standard InChI is InChI=1S/C25H29F2N3O2/c1-5-6-15-25(26,27)22-28-23(24(2,3)4)30(29-22)16-17-11-13-18(14-12-17)19-9-7-8-10-20(19)21(31)32/h7-14H,5-6,15-16H2,1-4H3,(H,31,32). The van der Waals surface area contributed by atoms with Crippen molar-refractivity contribution in [2.24, 2.45) is 0 Å². The van der Waals surface area contributed by atoms with Gasteiger partial charge in [-0.25, -0.2) is 14.5 Å². The Balaban J connectivity index is 1.91. The van der Waals surface area contributed by atoms with E-state index < -0.39 is 23.1 Å². The Morgan fingerprint density at radius 1 is 1.06 bits per heavy atom. The minimum absolute atomic E-state index is 0.227. The van der Waals surface area contributed by atoms with Crippen LogP contribution in [0.25, 0.3) is 11.1 Å². The fourth-order valence-corrected chi connectivity index (χ4v) is 3.56. The maximum atomic E-state index is 14.6. The molecule has 0 radical (unpaired) electrons. The molecule has 0 fully saturated rings. The third kappa shape index (κ3) is 5.21. The van der Waals surface area contributed by atoms with Crippen molar-refractivity contribution in [1.29, 1.82) is 0 Å². The molecule has 0 saturated heterocycles. The normalized spacial score (nSPS) is 12.2. The molecule has 1 N–H and O–H groups in total. The predicted molar refractivity (Wildman–Crippen MR) is 120 cm³/mol. The van der Waals surface area contributed by atoms with Gasteiger partial charge in [0.2, 0.25) is 5.82 Å². The zero-order valence-electron chi connectivity index (χ0n) is 18.9. The van der Waals surface area contributed by atoms with Gasteiger partial charge < -0.3 is 5.11 Å². The van der Waals surface area contributed by atoms with Crippen LogP contribution in [-0.2, 0) is 17.9 Å². The van der Waals surface area contributed by atoms with Gasteiger partial charge in [0.25, 0.3) is 0 Å². The van der Waals surface area contributed by atoms with Gasteiger partial charge in [-0.2, -0.15) is 8.78 Å². The molecule has 0 amide bonds. The number of halogens is 2. The minimum Gasteiger partial charge on any atom is -0.478 e. The second-order valence-corrected chi connectivity index (χ2v) is 9.02. The zero-order valence-corrected chi connectivity index (χ0v) is 18.9. The molecule has 0 saturated carbocycles. The second-order valence-electron chi connectivity index (χ2n) is 9.02. The Morgan fingerprint density at radius 2 is 1.72 bits per heavy atom. The third-order valence-corrected chi connectivity index (χ3v) is 5.27. The first-order valence-electron chi connectivity index (χ1n) is 10.8. The molecule has 0 bridgehead atoms. The number of nitrogens with zero attached hydrogens (tertiary/aromatic N) is 3. The van der Waals surface area contributed by atoms with E-state index >= 15 is 0 Å². The summed E-state index contributed by atoms with van der Waals surface area (Å²) in [5.74, 6) is -3.98. The molecule has 3 rings (SSSR count). The Hall–Kier alpha value is -3.09. The highest BCUT2D eigenvalue weighted by atomic mass is 19.3. The highest BCUT2D eigenvalue weighted by Gasteiger charge is 2.38. The van der Waals surface area contributed by atoms with Gasteiger partial charge in [0.05, 0.1) is 12.1 Å². The van der Waals surface area contributed by atoms with Gasteiger partial charge in [-0.05, 0) is 29.2 Å². The summed E-state index contributed by atoms with van der Waals surface area (Å²) in [5, 5.41) is 13.6. The monoisotopic (exact) mass is 441 g/mol. The van der Waals surface area contributed by atoms with Crippen LogP contribution in [0.1, 0.15) is 74.5 Å². The first kappa shape index (κ1) is 23.6. The van der Waals surface area contributed by atoms with E-state index in [0.717, 1.165) is 11.1 Å². The summed E-state index contributed by atoms with van der Waals surface area (Å²) >= 11 is 0. The molecule has 7 heteroatoms. The lowest BCUT2D eigenvalue weighted by Crippen LogP contribution is -2.20. The van der Waals surface area contributed by atoms with Crippen molar-refractivity contribution < 1.29 is 18.7 Å². The maximum absolute atomic E-state index is 14.6. The van der Waals surface area contributed by atoms with Crippen LogP contribution in [0.5, 0.6) is 0 Å².